The number of carboxylic acid groups (broad SMARTS) is 1. The minimum absolute atomic E-state index is 0.0885. The van der Waals surface area contributed by atoms with Crippen molar-refractivity contribution in [2.24, 2.45) is 0 Å². The molecule has 1 aliphatic rings. The fourth-order valence-electron chi connectivity index (χ4n) is 2.31. The molecule has 1 heterocycles. The Bertz CT molecular complexity index is 413. The van der Waals surface area contributed by atoms with Gasteiger partial charge in [-0.25, -0.2) is 0 Å². The number of ether oxygens (including phenoxy) is 1. The summed E-state index contributed by atoms with van der Waals surface area (Å²) >= 11 is 0. The van der Waals surface area contributed by atoms with Crippen molar-refractivity contribution < 1.29 is 14.6 Å². The molecule has 4 heteroatoms. The van der Waals surface area contributed by atoms with Gasteiger partial charge in [0.25, 0.3) is 0 Å². The number of hydrogen-bond acceptors (Lipinski definition) is 3. The van der Waals surface area contributed by atoms with Crippen LogP contribution in [0, 0.1) is 0 Å². The lowest BCUT2D eigenvalue weighted by Gasteiger charge is -2.23. The van der Waals surface area contributed by atoms with E-state index in [4.69, 9.17) is 9.84 Å². The molecule has 1 aromatic rings. The quantitative estimate of drug-likeness (QED) is 0.860. The van der Waals surface area contributed by atoms with E-state index in [1.165, 1.54) is 0 Å². The molecule has 0 amide bonds. The van der Waals surface area contributed by atoms with Gasteiger partial charge in [-0.1, -0.05) is 24.3 Å². The largest absolute Gasteiger partial charge is 0.481 e. The highest BCUT2D eigenvalue weighted by atomic mass is 16.5. The van der Waals surface area contributed by atoms with Crippen LogP contribution in [0.15, 0.2) is 24.3 Å². The zero-order chi connectivity index (χ0) is 13.0. The molecule has 0 spiro atoms. The Balaban J connectivity index is 2.05. The molecule has 0 radical (unpaired) electrons. The number of benzene rings is 1. The SMILES string of the molecule is CN(Cc1ccccc1CC(=O)O)C1CCOC1. The second-order valence-electron chi connectivity index (χ2n) is 4.77. The topological polar surface area (TPSA) is 49.8 Å². The van der Waals surface area contributed by atoms with E-state index in [0.717, 1.165) is 37.3 Å². The predicted octanol–water partition coefficient (Wildman–Crippen LogP) is 1.53. The molecule has 1 N–H and O–H groups in total. The molecule has 0 saturated carbocycles. The monoisotopic (exact) mass is 249 g/mol. The Morgan fingerprint density at radius 3 is 2.78 bits per heavy atom. The third-order valence-corrected chi connectivity index (χ3v) is 3.41. The summed E-state index contributed by atoms with van der Waals surface area (Å²) in [6.07, 6.45) is 1.14. The van der Waals surface area contributed by atoms with Crippen LogP contribution in [0.25, 0.3) is 0 Å². The number of aliphatic carboxylic acids is 1. The van der Waals surface area contributed by atoms with Crippen molar-refractivity contribution in [1.29, 1.82) is 0 Å². The molecular formula is C14H19NO3. The molecule has 1 atom stereocenters. The Labute approximate surface area is 107 Å². The first kappa shape index (κ1) is 13.1. The predicted molar refractivity (Wildman–Crippen MR) is 68.5 cm³/mol. The summed E-state index contributed by atoms with van der Waals surface area (Å²) in [5.74, 6) is -0.783. The first-order valence-corrected chi connectivity index (χ1v) is 6.23. The minimum Gasteiger partial charge on any atom is -0.481 e. The van der Waals surface area contributed by atoms with Crippen LogP contribution in [0.3, 0.4) is 0 Å². The van der Waals surface area contributed by atoms with Crippen molar-refractivity contribution >= 4 is 5.97 Å². The minimum atomic E-state index is -0.783. The fourth-order valence-corrected chi connectivity index (χ4v) is 2.31. The van der Waals surface area contributed by atoms with Crippen molar-refractivity contribution in [2.45, 2.75) is 25.4 Å². The summed E-state index contributed by atoms with van der Waals surface area (Å²) in [5.41, 5.74) is 1.99. The van der Waals surface area contributed by atoms with Crippen LogP contribution in [0.4, 0.5) is 0 Å². The van der Waals surface area contributed by atoms with Crippen LogP contribution in [0.2, 0.25) is 0 Å². The Morgan fingerprint density at radius 2 is 2.17 bits per heavy atom. The zero-order valence-corrected chi connectivity index (χ0v) is 10.6. The van der Waals surface area contributed by atoms with Crippen molar-refractivity contribution in [3.05, 3.63) is 35.4 Å². The average molecular weight is 249 g/mol. The maximum Gasteiger partial charge on any atom is 0.307 e. The Kier molecular flexibility index (Phi) is 4.33. The summed E-state index contributed by atoms with van der Waals surface area (Å²) in [4.78, 5) is 13.1. The van der Waals surface area contributed by atoms with Crippen molar-refractivity contribution in [3.8, 4) is 0 Å². The van der Waals surface area contributed by atoms with Gasteiger partial charge in [-0.15, -0.1) is 0 Å². The molecule has 18 heavy (non-hydrogen) atoms. The number of nitrogens with zero attached hydrogens (tertiary/aromatic N) is 1. The lowest BCUT2D eigenvalue weighted by Crippen LogP contribution is -2.31. The summed E-state index contributed by atoms with van der Waals surface area (Å²) in [6, 6.07) is 8.19. The van der Waals surface area contributed by atoms with Gasteiger partial charge in [0.2, 0.25) is 0 Å². The molecule has 2 rings (SSSR count). The fraction of sp³-hybridized carbons (Fsp3) is 0.500. The standard InChI is InChI=1S/C14H19NO3/c1-15(13-6-7-18-10-13)9-12-5-3-2-4-11(12)8-14(16)17/h2-5,13H,6-10H2,1H3,(H,16,17). The van der Waals surface area contributed by atoms with Gasteiger partial charge in [-0.3, -0.25) is 9.69 Å². The second kappa shape index (κ2) is 5.98. The summed E-state index contributed by atoms with van der Waals surface area (Å²) in [7, 11) is 2.07. The van der Waals surface area contributed by atoms with E-state index in [-0.39, 0.29) is 6.42 Å². The van der Waals surface area contributed by atoms with Crippen LogP contribution in [-0.4, -0.2) is 42.3 Å². The Morgan fingerprint density at radius 1 is 1.44 bits per heavy atom. The van der Waals surface area contributed by atoms with Gasteiger partial charge >= 0.3 is 5.97 Å². The number of carboxylic acids is 1. The number of hydrogen-bond donors (Lipinski definition) is 1. The highest BCUT2D eigenvalue weighted by molar-refractivity contribution is 5.70. The van der Waals surface area contributed by atoms with E-state index in [1.54, 1.807) is 0 Å². The zero-order valence-electron chi connectivity index (χ0n) is 10.6. The van der Waals surface area contributed by atoms with Gasteiger partial charge in [0.15, 0.2) is 0 Å². The van der Waals surface area contributed by atoms with E-state index in [2.05, 4.69) is 11.9 Å². The first-order chi connectivity index (χ1) is 8.66. The molecule has 1 fully saturated rings. The third-order valence-electron chi connectivity index (χ3n) is 3.41. The average Bonchev–Trinajstić information content (AvgIpc) is 2.84. The molecular weight excluding hydrogens is 230 g/mol. The highest BCUT2D eigenvalue weighted by Crippen LogP contribution is 2.17. The molecule has 1 saturated heterocycles. The molecule has 1 aliphatic heterocycles. The maximum atomic E-state index is 10.8. The molecule has 1 unspecified atom stereocenters. The van der Waals surface area contributed by atoms with Crippen LogP contribution < -0.4 is 0 Å². The van der Waals surface area contributed by atoms with Crippen LogP contribution >= 0.6 is 0 Å². The van der Waals surface area contributed by atoms with Crippen LogP contribution in [0.1, 0.15) is 17.5 Å². The lowest BCUT2D eigenvalue weighted by molar-refractivity contribution is -0.136. The molecule has 98 valence electrons. The number of rotatable bonds is 5. The maximum absolute atomic E-state index is 10.8. The van der Waals surface area contributed by atoms with E-state index in [1.807, 2.05) is 24.3 Å². The van der Waals surface area contributed by atoms with Crippen molar-refractivity contribution in [3.63, 3.8) is 0 Å². The van der Waals surface area contributed by atoms with E-state index in [9.17, 15) is 4.79 Å². The summed E-state index contributed by atoms with van der Waals surface area (Å²) in [6.45, 7) is 2.38. The van der Waals surface area contributed by atoms with E-state index >= 15 is 0 Å². The smallest absolute Gasteiger partial charge is 0.307 e. The van der Waals surface area contributed by atoms with Crippen LogP contribution in [0.5, 0.6) is 0 Å². The summed E-state index contributed by atoms with van der Waals surface area (Å²) in [5, 5.41) is 8.90. The van der Waals surface area contributed by atoms with Gasteiger partial charge in [0.1, 0.15) is 0 Å². The molecule has 0 aliphatic carbocycles. The van der Waals surface area contributed by atoms with Gasteiger partial charge in [-0.2, -0.15) is 0 Å². The number of carbonyl (C=O) groups is 1. The third kappa shape index (κ3) is 3.31. The van der Waals surface area contributed by atoms with Crippen LogP contribution in [-0.2, 0) is 22.5 Å². The molecule has 1 aromatic carbocycles. The van der Waals surface area contributed by atoms with Crippen molar-refractivity contribution in [1.82, 2.24) is 4.90 Å². The van der Waals surface area contributed by atoms with Gasteiger partial charge in [0.05, 0.1) is 13.0 Å². The van der Waals surface area contributed by atoms with Gasteiger partial charge < -0.3 is 9.84 Å². The van der Waals surface area contributed by atoms with E-state index < -0.39 is 5.97 Å². The second-order valence-corrected chi connectivity index (χ2v) is 4.77. The first-order valence-electron chi connectivity index (χ1n) is 6.23. The molecule has 0 aromatic heterocycles. The van der Waals surface area contributed by atoms with Gasteiger partial charge in [0, 0.05) is 19.2 Å². The summed E-state index contributed by atoms with van der Waals surface area (Å²) < 4.78 is 5.37. The van der Waals surface area contributed by atoms with E-state index in [0.29, 0.717) is 6.04 Å². The van der Waals surface area contributed by atoms with Gasteiger partial charge in [-0.05, 0) is 24.6 Å². The normalized spacial score (nSPS) is 19.3. The lowest BCUT2D eigenvalue weighted by atomic mass is 10.0. The molecule has 0 bridgehead atoms. The van der Waals surface area contributed by atoms with Crippen molar-refractivity contribution in [2.75, 3.05) is 20.3 Å². The number of likely N-dealkylation sites (N-methyl/N-ethyl adjacent to an activating group) is 1. The highest BCUT2D eigenvalue weighted by Gasteiger charge is 2.20. The Hall–Kier alpha value is -1.39. The molecule has 4 nitrogen and oxygen atoms in total.